The minimum Gasteiger partial charge on any atom is -0.305 e. The van der Waals surface area contributed by atoms with Crippen LogP contribution < -0.4 is 5.69 Å². The van der Waals surface area contributed by atoms with E-state index < -0.39 is 0 Å². The second-order valence-corrected chi connectivity index (χ2v) is 5.20. The van der Waals surface area contributed by atoms with Crippen LogP contribution in [0.1, 0.15) is 50.6 Å². The molecule has 98 valence electrons. The van der Waals surface area contributed by atoms with Gasteiger partial charge in [0.1, 0.15) is 0 Å². The SMILES string of the molecule is CC#Cc1ccc2c(c1)[nH]c(=O)n2C1CCCCC1. The van der Waals surface area contributed by atoms with Gasteiger partial charge in [0.25, 0.3) is 0 Å². The van der Waals surface area contributed by atoms with Crippen LogP contribution in [0.25, 0.3) is 11.0 Å². The Balaban J connectivity index is 2.10. The number of fused-ring (bicyclic) bond motifs is 1. The van der Waals surface area contributed by atoms with Crippen molar-refractivity contribution in [3.63, 3.8) is 0 Å². The van der Waals surface area contributed by atoms with Crippen molar-refractivity contribution >= 4 is 11.0 Å². The van der Waals surface area contributed by atoms with Crippen LogP contribution >= 0.6 is 0 Å². The normalized spacial score (nSPS) is 16.3. The number of hydrogen-bond acceptors (Lipinski definition) is 1. The molecule has 2 aromatic rings. The third-order valence-electron chi connectivity index (χ3n) is 3.93. The summed E-state index contributed by atoms with van der Waals surface area (Å²) in [5, 5.41) is 0. The van der Waals surface area contributed by atoms with Crippen LogP contribution in [0, 0.1) is 11.8 Å². The van der Waals surface area contributed by atoms with Crippen LogP contribution in [0.5, 0.6) is 0 Å². The van der Waals surface area contributed by atoms with E-state index in [2.05, 4.69) is 16.8 Å². The first-order valence-corrected chi connectivity index (χ1v) is 6.96. The number of imidazole rings is 1. The molecular weight excluding hydrogens is 236 g/mol. The number of aromatic nitrogens is 2. The molecule has 1 aliphatic carbocycles. The van der Waals surface area contributed by atoms with Gasteiger partial charge < -0.3 is 4.98 Å². The lowest BCUT2D eigenvalue weighted by molar-refractivity contribution is 0.353. The zero-order chi connectivity index (χ0) is 13.2. The summed E-state index contributed by atoms with van der Waals surface area (Å²) in [6, 6.07) is 6.33. The Morgan fingerprint density at radius 2 is 2.05 bits per heavy atom. The van der Waals surface area contributed by atoms with Crippen LogP contribution in [0.2, 0.25) is 0 Å². The number of rotatable bonds is 1. The van der Waals surface area contributed by atoms with Gasteiger partial charge in [0, 0.05) is 11.6 Å². The van der Waals surface area contributed by atoms with E-state index >= 15 is 0 Å². The minimum absolute atomic E-state index is 0.0171. The smallest absolute Gasteiger partial charge is 0.305 e. The van der Waals surface area contributed by atoms with Crippen LogP contribution in [0.15, 0.2) is 23.0 Å². The van der Waals surface area contributed by atoms with Crippen molar-refractivity contribution in [2.45, 2.75) is 45.1 Å². The molecule has 3 nitrogen and oxygen atoms in total. The molecule has 1 heterocycles. The third-order valence-corrected chi connectivity index (χ3v) is 3.93. The standard InChI is InChI=1S/C16H18N2O/c1-2-6-12-9-10-15-14(11-12)17-16(19)18(15)13-7-4-3-5-8-13/h9-11,13H,3-5,7-8H2,1H3,(H,17,19). The highest BCUT2D eigenvalue weighted by Gasteiger charge is 2.19. The topological polar surface area (TPSA) is 37.8 Å². The molecule has 0 spiro atoms. The third kappa shape index (κ3) is 2.19. The first kappa shape index (κ1) is 12.1. The predicted molar refractivity (Wildman–Crippen MR) is 77.2 cm³/mol. The number of hydrogen-bond donors (Lipinski definition) is 1. The van der Waals surface area contributed by atoms with Crippen LogP contribution in [-0.4, -0.2) is 9.55 Å². The van der Waals surface area contributed by atoms with E-state index in [0.29, 0.717) is 6.04 Å². The van der Waals surface area contributed by atoms with Crippen molar-refractivity contribution in [3.05, 3.63) is 34.2 Å². The van der Waals surface area contributed by atoms with Crippen molar-refractivity contribution in [2.24, 2.45) is 0 Å². The fourth-order valence-electron chi connectivity index (χ4n) is 3.05. The van der Waals surface area contributed by atoms with Gasteiger partial charge in [0.05, 0.1) is 11.0 Å². The summed E-state index contributed by atoms with van der Waals surface area (Å²) in [7, 11) is 0. The quantitative estimate of drug-likeness (QED) is 0.780. The lowest BCUT2D eigenvalue weighted by Crippen LogP contribution is -2.23. The van der Waals surface area contributed by atoms with E-state index in [-0.39, 0.29) is 5.69 Å². The Morgan fingerprint density at radius 3 is 2.79 bits per heavy atom. The highest BCUT2D eigenvalue weighted by molar-refractivity contribution is 5.77. The van der Waals surface area contributed by atoms with Crippen LogP contribution in [-0.2, 0) is 0 Å². The minimum atomic E-state index is 0.0171. The summed E-state index contributed by atoms with van der Waals surface area (Å²) in [5.41, 5.74) is 2.88. The van der Waals surface area contributed by atoms with Crippen LogP contribution in [0.3, 0.4) is 0 Å². The molecule has 1 aliphatic rings. The van der Waals surface area contributed by atoms with Crippen molar-refractivity contribution in [2.75, 3.05) is 0 Å². The lowest BCUT2D eigenvalue weighted by Gasteiger charge is -2.22. The summed E-state index contributed by atoms with van der Waals surface area (Å²) in [6.45, 7) is 1.82. The number of H-pyrrole nitrogens is 1. The number of nitrogens with zero attached hydrogens (tertiary/aromatic N) is 1. The van der Waals surface area contributed by atoms with Gasteiger partial charge >= 0.3 is 5.69 Å². The Labute approximate surface area is 112 Å². The largest absolute Gasteiger partial charge is 0.326 e. The second-order valence-electron chi connectivity index (χ2n) is 5.20. The van der Waals surface area contributed by atoms with E-state index in [4.69, 9.17) is 0 Å². The summed E-state index contributed by atoms with van der Waals surface area (Å²) in [4.78, 5) is 15.1. The molecule has 19 heavy (non-hydrogen) atoms. The first-order chi connectivity index (χ1) is 9.29. The molecule has 0 unspecified atom stereocenters. The predicted octanol–water partition coefficient (Wildman–Crippen LogP) is 3.21. The van der Waals surface area contributed by atoms with Gasteiger partial charge in [-0.1, -0.05) is 25.2 Å². The molecule has 3 rings (SSSR count). The molecule has 0 saturated heterocycles. The zero-order valence-corrected chi connectivity index (χ0v) is 11.2. The van der Waals surface area contributed by atoms with Crippen molar-refractivity contribution in [1.29, 1.82) is 0 Å². The Kier molecular flexibility index (Phi) is 3.16. The number of benzene rings is 1. The number of nitrogens with one attached hydrogen (secondary N) is 1. The molecule has 3 heteroatoms. The second kappa shape index (κ2) is 4.97. The van der Waals surface area contributed by atoms with E-state index in [1.165, 1.54) is 19.3 Å². The van der Waals surface area contributed by atoms with Gasteiger partial charge in [0.15, 0.2) is 0 Å². The first-order valence-electron chi connectivity index (χ1n) is 6.96. The van der Waals surface area contributed by atoms with Crippen molar-refractivity contribution < 1.29 is 0 Å². The van der Waals surface area contributed by atoms with Gasteiger partial charge in [-0.15, -0.1) is 5.92 Å². The van der Waals surface area contributed by atoms with E-state index in [1.54, 1.807) is 0 Å². The van der Waals surface area contributed by atoms with Crippen molar-refractivity contribution in [1.82, 2.24) is 9.55 Å². The fourth-order valence-corrected chi connectivity index (χ4v) is 3.05. The summed E-state index contributed by atoms with van der Waals surface area (Å²) >= 11 is 0. The monoisotopic (exact) mass is 254 g/mol. The molecule has 1 aromatic heterocycles. The molecule has 1 fully saturated rings. The lowest BCUT2D eigenvalue weighted by atomic mass is 9.95. The Morgan fingerprint density at radius 1 is 1.26 bits per heavy atom. The summed E-state index contributed by atoms with van der Waals surface area (Å²) < 4.78 is 1.94. The molecule has 0 amide bonds. The molecule has 0 bridgehead atoms. The maximum atomic E-state index is 12.2. The van der Waals surface area contributed by atoms with Gasteiger partial charge in [0.2, 0.25) is 0 Å². The fraction of sp³-hybridized carbons (Fsp3) is 0.438. The molecule has 1 saturated carbocycles. The summed E-state index contributed by atoms with van der Waals surface area (Å²) in [6.07, 6.45) is 5.98. The van der Waals surface area contributed by atoms with E-state index in [1.807, 2.05) is 29.7 Å². The molecule has 0 atom stereocenters. The van der Waals surface area contributed by atoms with Gasteiger partial charge in [-0.2, -0.15) is 0 Å². The van der Waals surface area contributed by atoms with Crippen molar-refractivity contribution in [3.8, 4) is 11.8 Å². The van der Waals surface area contributed by atoms with E-state index in [0.717, 1.165) is 29.4 Å². The average Bonchev–Trinajstić information content (AvgIpc) is 2.75. The number of aromatic amines is 1. The summed E-state index contributed by atoms with van der Waals surface area (Å²) in [5.74, 6) is 5.91. The van der Waals surface area contributed by atoms with Crippen LogP contribution in [0.4, 0.5) is 0 Å². The van der Waals surface area contributed by atoms with Gasteiger partial charge in [-0.05, 0) is 38.0 Å². The Hall–Kier alpha value is -1.95. The van der Waals surface area contributed by atoms with E-state index in [9.17, 15) is 4.79 Å². The zero-order valence-electron chi connectivity index (χ0n) is 11.2. The van der Waals surface area contributed by atoms with Gasteiger partial charge in [-0.25, -0.2) is 4.79 Å². The molecule has 1 aromatic carbocycles. The highest BCUT2D eigenvalue weighted by Crippen LogP contribution is 2.29. The van der Waals surface area contributed by atoms with Gasteiger partial charge in [-0.3, -0.25) is 4.57 Å². The molecular formula is C16H18N2O. The molecule has 1 N–H and O–H groups in total. The molecule has 0 radical (unpaired) electrons. The molecule has 0 aliphatic heterocycles. The maximum Gasteiger partial charge on any atom is 0.326 e. The maximum absolute atomic E-state index is 12.2. The highest BCUT2D eigenvalue weighted by atomic mass is 16.1. The average molecular weight is 254 g/mol. The Bertz CT molecular complexity index is 706.